The molecule has 5 N–H and O–H groups in total. The quantitative estimate of drug-likeness (QED) is 0.554. The van der Waals surface area contributed by atoms with Crippen molar-refractivity contribution in [3.63, 3.8) is 0 Å². The Bertz CT molecular complexity index is 914. The maximum absolute atomic E-state index is 10.6. The molecule has 4 nitrogen and oxygen atoms in total. The molecular formula is C25H34BrN3O+2. The second-order valence-electron chi connectivity index (χ2n) is 9.12. The number of hydrogen-bond donors (Lipinski definition) is 4. The third-order valence-electron chi connectivity index (χ3n) is 6.85. The Labute approximate surface area is 188 Å². The second kappa shape index (κ2) is 8.74. The Balaban J connectivity index is 1.70. The lowest BCUT2D eigenvalue weighted by atomic mass is 9.88. The highest BCUT2D eigenvalue weighted by Gasteiger charge is 2.45. The molecule has 5 heteroatoms. The van der Waals surface area contributed by atoms with Gasteiger partial charge in [-0.05, 0) is 49.6 Å². The van der Waals surface area contributed by atoms with Crippen molar-refractivity contribution in [3.8, 4) is 5.75 Å². The normalized spacial score (nSPS) is 26.5. The first-order chi connectivity index (χ1) is 14.4. The fourth-order valence-electron chi connectivity index (χ4n) is 4.87. The predicted octanol–water partition coefficient (Wildman–Crippen LogP) is 2.75. The Morgan fingerprint density at radius 1 is 1.17 bits per heavy atom. The van der Waals surface area contributed by atoms with Crippen LogP contribution in [0.1, 0.15) is 56.3 Å². The zero-order valence-corrected chi connectivity index (χ0v) is 19.8. The Morgan fingerprint density at radius 3 is 2.50 bits per heavy atom. The lowest BCUT2D eigenvalue weighted by Gasteiger charge is -2.44. The van der Waals surface area contributed by atoms with Crippen molar-refractivity contribution in [2.24, 2.45) is 0 Å². The van der Waals surface area contributed by atoms with Crippen molar-refractivity contribution < 1.29 is 15.3 Å². The van der Waals surface area contributed by atoms with E-state index in [0.29, 0.717) is 11.8 Å². The van der Waals surface area contributed by atoms with Gasteiger partial charge in [0.1, 0.15) is 11.8 Å². The van der Waals surface area contributed by atoms with Gasteiger partial charge in [0.05, 0.1) is 37.5 Å². The number of nitrogens with one attached hydrogen (secondary N) is 2. The first-order valence-electron chi connectivity index (χ1n) is 11.2. The van der Waals surface area contributed by atoms with Crippen LogP contribution in [0, 0.1) is 0 Å². The molecule has 30 heavy (non-hydrogen) atoms. The molecule has 0 aromatic heterocycles. The first kappa shape index (κ1) is 21.4. The van der Waals surface area contributed by atoms with Crippen molar-refractivity contribution >= 4 is 21.6 Å². The number of phenols is 1. The van der Waals surface area contributed by atoms with E-state index in [4.69, 9.17) is 0 Å². The predicted molar refractivity (Wildman–Crippen MR) is 125 cm³/mol. The molecule has 0 amide bonds. The average Bonchev–Trinajstić information content (AvgIpc) is 2.75. The van der Waals surface area contributed by atoms with E-state index in [1.807, 2.05) is 6.07 Å². The van der Waals surface area contributed by atoms with Gasteiger partial charge in [0.2, 0.25) is 0 Å². The third-order valence-corrected chi connectivity index (χ3v) is 7.34. The highest BCUT2D eigenvalue weighted by atomic mass is 79.9. The third kappa shape index (κ3) is 4.43. The Hall–Kier alpha value is -1.82. The maximum atomic E-state index is 10.6. The van der Waals surface area contributed by atoms with Gasteiger partial charge in [0.15, 0.2) is 5.66 Å². The molecule has 0 saturated carbocycles. The monoisotopic (exact) mass is 471 g/mol. The van der Waals surface area contributed by atoms with Gasteiger partial charge in [-0.1, -0.05) is 47.1 Å². The van der Waals surface area contributed by atoms with E-state index in [-0.39, 0.29) is 11.7 Å². The molecule has 4 rings (SSSR count). The lowest BCUT2D eigenvalue weighted by molar-refractivity contribution is -0.938. The topological polar surface area (TPSA) is 53.3 Å². The van der Waals surface area contributed by atoms with Crippen LogP contribution >= 0.6 is 15.9 Å². The van der Waals surface area contributed by atoms with Gasteiger partial charge in [0, 0.05) is 16.2 Å². The summed E-state index contributed by atoms with van der Waals surface area (Å²) in [6.45, 7) is 9.15. The summed E-state index contributed by atoms with van der Waals surface area (Å²) in [5, 5.41) is 17.0. The molecule has 2 aliphatic heterocycles. The number of nitrogens with two attached hydrogens (primary N) is 1. The van der Waals surface area contributed by atoms with Gasteiger partial charge in [0.25, 0.3) is 0 Å². The van der Waals surface area contributed by atoms with E-state index in [9.17, 15) is 5.11 Å². The highest BCUT2D eigenvalue weighted by molar-refractivity contribution is 9.10. The Kier molecular flexibility index (Phi) is 6.24. The number of rotatable bonds is 4. The summed E-state index contributed by atoms with van der Waals surface area (Å²) in [4.78, 5) is 1.68. The SMILES string of the molecule is CCc1ccc(C2=CC(c3cc(Br)ccc3O)[NH2+]C3(CC[NH+](C(C)C)CC3)N2)cc1. The fourth-order valence-corrected chi connectivity index (χ4v) is 5.25. The standard InChI is InChI=1S/C25H32BrN3O/c1-4-18-5-7-19(8-6-18)22-16-23(21-15-20(26)9-10-24(21)30)28-25(27-22)11-13-29(14-12-25)17(2)3/h5-10,15-17,23,27-28,30H,4,11-14H2,1-3H3/p+2. The van der Waals surface area contributed by atoms with Crippen LogP contribution in [0.15, 0.2) is 53.0 Å². The van der Waals surface area contributed by atoms with E-state index >= 15 is 0 Å². The number of benzene rings is 2. The second-order valence-corrected chi connectivity index (χ2v) is 10.0. The molecule has 1 saturated heterocycles. The number of likely N-dealkylation sites (tertiary alicyclic amines) is 1. The molecule has 1 unspecified atom stereocenters. The van der Waals surface area contributed by atoms with E-state index < -0.39 is 0 Å². The summed E-state index contributed by atoms with van der Waals surface area (Å²) in [5.41, 5.74) is 4.68. The van der Waals surface area contributed by atoms with Crippen molar-refractivity contribution in [2.75, 3.05) is 13.1 Å². The minimum absolute atomic E-state index is 0.0364. The van der Waals surface area contributed by atoms with E-state index in [0.717, 1.165) is 29.3 Å². The molecule has 0 bridgehead atoms. The minimum Gasteiger partial charge on any atom is -0.507 e. The molecule has 2 aromatic carbocycles. The van der Waals surface area contributed by atoms with Crippen molar-refractivity contribution in [2.45, 2.75) is 57.8 Å². The van der Waals surface area contributed by atoms with Gasteiger partial charge >= 0.3 is 0 Å². The fraction of sp³-hybridized carbons (Fsp3) is 0.440. The number of piperidine rings is 1. The number of phenolic OH excluding ortho intramolecular Hbond substituents is 1. The summed E-state index contributed by atoms with van der Waals surface area (Å²) in [6, 6.07) is 15.4. The van der Waals surface area contributed by atoms with Crippen LogP contribution < -0.4 is 15.5 Å². The molecule has 2 aliphatic rings. The summed E-state index contributed by atoms with van der Waals surface area (Å²) < 4.78 is 0.998. The molecule has 160 valence electrons. The molecule has 2 heterocycles. The van der Waals surface area contributed by atoms with Crippen molar-refractivity contribution in [1.29, 1.82) is 0 Å². The largest absolute Gasteiger partial charge is 0.507 e. The number of aromatic hydroxyl groups is 1. The zero-order valence-electron chi connectivity index (χ0n) is 18.2. The van der Waals surface area contributed by atoms with Crippen LogP contribution in [0.5, 0.6) is 5.75 Å². The van der Waals surface area contributed by atoms with Gasteiger partial charge in [-0.15, -0.1) is 0 Å². The van der Waals surface area contributed by atoms with Crippen molar-refractivity contribution in [3.05, 3.63) is 69.7 Å². The smallest absolute Gasteiger partial charge is 0.180 e. The van der Waals surface area contributed by atoms with Crippen LogP contribution in [0.25, 0.3) is 5.70 Å². The molecule has 1 atom stereocenters. The average molecular weight is 472 g/mol. The van der Waals surface area contributed by atoms with Crippen LogP contribution in [-0.4, -0.2) is 29.9 Å². The molecule has 1 spiro atoms. The molecule has 0 radical (unpaired) electrons. The summed E-state index contributed by atoms with van der Waals surface area (Å²) in [7, 11) is 0. The molecule has 1 fully saturated rings. The molecule has 2 aromatic rings. The number of halogens is 1. The van der Waals surface area contributed by atoms with Gasteiger partial charge in [-0.3, -0.25) is 0 Å². The number of hydrogen-bond acceptors (Lipinski definition) is 2. The summed E-state index contributed by atoms with van der Waals surface area (Å²) in [5.74, 6) is 0.360. The van der Waals surface area contributed by atoms with Gasteiger partial charge in [-0.2, -0.15) is 0 Å². The zero-order chi connectivity index (χ0) is 21.3. The minimum atomic E-state index is -0.0364. The number of aryl methyl sites for hydroxylation is 1. The summed E-state index contributed by atoms with van der Waals surface area (Å²) in [6.07, 6.45) is 5.54. The van der Waals surface area contributed by atoms with Crippen LogP contribution in [-0.2, 0) is 6.42 Å². The summed E-state index contributed by atoms with van der Waals surface area (Å²) >= 11 is 3.59. The lowest BCUT2D eigenvalue weighted by Crippen LogP contribution is -3.19. The highest BCUT2D eigenvalue weighted by Crippen LogP contribution is 2.32. The Morgan fingerprint density at radius 2 is 1.87 bits per heavy atom. The maximum Gasteiger partial charge on any atom is 0.180 e. The van der Waals surface area contributed by atoms with Gasteiger partial charge < -0.3 is 20.6 Å². The molecular weight excluding hydrogens is 438 g/mol. The van der Waals surface area contributed by atoms with E-state index in [1.54, 1.807) is 11.0 Å². The van der Waals surface area contributed by atoms with Crippen LogP contribution in [0.4, 0.5) is 0 Å². The van der Waals surface area contributed by atoms with Crippen molar-refractivity contribution in [1.82, 2.24) is 5.32 Å². The van der Waals surface area contributed by atoms with Gasteiger partial charge in [-0.25, -0.2) is 0 Å². The molecule has 0 aliphatic carbocycles. The van der Waals surface area contributed by atoms with E-state index in [2.05, 4.69) is 83.7 Å². The number of quaternary nitrogens is 2. The van der Waals surface area contributed by atoms with Crippen LogP contribution in [0.3, 0.4) is 0 Å². The first-order valence-corrected chi connectivity index (χ1v) is 12.0. The van der Waals surface area contributed by atoms with E-state index in [1.165, 1.54) is 29.9 Å². The van der Waals surface area contributed by atoms with Crippen LogP contribution in [0.2, 0.25) is 0 Å².